The van der Waals surface area contributed by atoms with E-state index in [-0.39, 0.29) is 28.9 Å². The Morgan fingerprint density at radius 3 is 2.54 bits per heavy atom. The third kappa shape index (κ3) is 5.98. The van der Waals surface area contributed by atoms with Gasteiger partial charge in [-0.1, -0.05) is 17.7 Å². The number of hydrogen-bond acceptors (Lipinski definition) is 5. The van der Waals surface area contributed by atoms with Crippen LogP contribution in [0.2, 0.25) is 5.02 Å². The van der Waals surface area contributed by atoms with Crippen molar-refractivity contribution in [3.63, 3.8) is 0 Å². The standard InChI is InChI=1S/C17H17ClFNO5S/c1-12(20-26(22,23)16-4-2-3-13(18)11-16)17(21)25-10-9-24-15-7-5-14(19)6-8-15/h2-8,11-12,20H,9-10H2,1H3/t12-/m0/s1. The topological polar surface area (TPSA) is 81.7 Å². The molecule has 0 unspecified atom stereocenters. The summed E-state index contributed by atoms with van der Waals surface area (Å²) in [6.45, 7) is 1.33. The second-order valence-electron chi connectivity index (χ2n) is 5.27. The number of carbonyl (C=O) groups excluding carboxylic acids is 1. The maximum absolute atomic E-state index is 12.8. The lowest BCUT2D eigenvalue weighted by Gasteiger charge is -2.14. The van der Waals surface area contributed by atoms with Crippen LogP contribution < -0.4 is 9.46 Å². The van der Waals surface area contributed by atoms with Gasteiger partial charge in [0.05, 0.1) is 4.90 Å². The van der Waals surface area contributed by atoms with Gasteiger partial charge in [-0.25, -0.2) is 12.8 Å². The number of halogens is 2. The zero-order valence-electron chi connectivity index (χ0n) is 13.8. The van der Waals surface area contributed by atoms with Crippen LogP contribution in [-0.2, 0) is 19.6 Å². The Hall–Kier alpha value is -2.16. The third-order valence-corrected chi connectivity index (χ3v) is 4.98. The average Bonchev–Trinajstić information content (AvgIpc) is 2.59. The highest BCUT2D eigenvalue weighted by Gasteiger charge is 2.23. The molecule has 0 heterocycles. The van der Waals surface area contributed by atoms with E-state index in [2.05, 4.69) is 4.72 Å². The van der Waals surface area contributed by atoms with E-state index in [0.717, 1.165) is 0 Å². The smallest absolute Gasteiger partial charge is 0.324 e. The maximum Gasteiger partial charge on any atom is 0.324 e. The Morgan fingerprint density at radius 1 is 1.19 bits per heavy atom. The van der Waals surface area contributed by atoms with E-state index in [1.165, 1.54) is 49.4 Å². The Balaban J connectivity index is 1.80. The lowest BCUT2D eigenvalue weighted by Crippen LogP contribution is -2.39. The highest BCUT2D eigenvalue weighted by atomic mass is 35.5. The van der Waals surface area contributed by atoms with Crippen molar-refractivity contribution in [3.8, 4) is 5.75 Å². The first-order chi connectivity index (χ1) is 12.3. The van der Waals surface area contributed by atoms with Crippen LogP contribution in [0, 0.1) is 5.82 Å². The molecular weight excluding hydrogens is 385 g/mol. The maximum atomic E-state index is 12.8. The number of carbonyl (C=O) groups is 1. The minimum Gasteiger partial charge on any atom is -0.490 e. The van der Waals surface area contributed by atoms with Gasteiger partial charge in [0.1, 0.15) is 30.8 Å². The summed E-state index contributed by atoms with van der Waals surface area (Å²) in [4.78, 5) is 11.8. The second kappa shape index (κ2) is 8.98. The number of esters is 1. The Bertz CT molecular complexity index is 858. The number of rotatable bonds is 8. The van der Waals surface area contributed by atoms with E-state index in [1.54, 1.807) is 6.07 Å². The summed E-state index contributed by atoms with van der Waals surface area (Å²) < 4.78 is 49.6. The molecule has 0 aliphatic heterocycles. The van der Waals surface area contributed by atoms with Crippen LogP contribution in [0.1, 0.15) is 6.92 Å². The van der Waals surface area contributed by atoms with Crippen molar-refractivity contribution in [3.05, 3.63) is 59.4 Å². The van der Waals surface area contributed by atoms with Gasteiger partial charge in [0.15, 0.2) is 0 Å². The van der Waals surface area contributed by atoms with E-state index in [1.807, 2.05) is 0 Å². The molecule has 1 atom stereocenters. The highest BCUT2D eigenvalue weighted by molar-refractivity contribution is 7.89. The second-order valence-corrected chi connectivity index (χ2v) is 7.42. The first-order valence-corrected chi connectivity index (χ1v) is 9.47. The predicted molar refractivity (Wildman–Crippen MR) is 94.1 cm³/mol. The molecule has 0 fully saturated rings. The van der Waals surface area contributed by atoms with Gasteiger partial charge < -0.3 is 9.47 Å². The van der Waals surface area contributed by atoms with E-state index in [0.29, 0.717) is 5.75 Å². The van der Waals surface area contributed by atoms with Gasteiger partial charge in [0.2, 0.25) is 10.0 Å². The molecule has 1 N–H and O–H groups in total. The van der Waals surface area contributed by atoms with E-state index in [9.17, 15) is 17.6 Å². The van der Waals surface area contributed by atoms with Crippen molar-refractivity contribution >= 4 is 27.6 Å². The zero-order chi connectivity index (χ0) is 19.2. The normalized spacial score (nSPS) is 12.4. The summed E-state index contributed by atoms with van der Waals surface area (Å²) in [5, 5.41) is 0.265. The van der Waals surface area contributed by atoms with Crippen LogP contribution in [0.3, 0.4) is 0 Å². The summed E-state index contributed by atoms with van der Waals surface area (Å²) in [6.07, 6.45) is 0. The van der Waals surface area contributed by atoms with Gasteiger partial charge in [-0.2, -0.15) is 4.72 Å². The molecule has 0 saturated carbocycles. The minimum atomic E-state index is -3.91. The van der Waals surface area contributed by atoms with Crippen molar-refractivity contribution < 1.29 is 27.1 Å². The summed E-state index contributed by atoms with van der Waals surface area (Å²) in [5.74, 6) is -0.708. The van der Waals surface area contributed by atoms with Gasteiger partial charge in [-0.3, -0.25) is 4.79 Å². The molecule has 0 amide bonds. The van der Waals surface area contributed by atoms with Crippen LogP contribution in [0.25, 0.3) is 0 Å². The van der Waals surface area contributed by atoms with Crippen molar-refractivity contribution in [1.29, 1.82) is 0 Å². The molecule has 0 radical (unpaired) electrons. The number of hydrogen-bond donors (Lipinski definition) is 1. The molecule has 9 heteroatoms. The largest absolute Gasteiger partial charge is 0.490 e. The molecule has 0 aliphatic carbocycles. The van der Waals surface area contributed by atoms with E-state index in [4.69, 9.17) is 21.1 Å². The first kappa shape index (κ1) is 20.2. The molecule has 0 bridgehead atoms. The molecule has 2 rings (SSSR count). The zero-order valence-corrected chi connectivity index (χ0v) is 15.4. The van der Waals surface area contributed by atoms with Crippen molar-refractivity contribution in [1.82, 2.24) is 4.72 Å². The summed E-state index contributed by atoms with van der Waals surface area (Å²) in [5.41, 5.74) is 0. The van der Waals surface area contributed by atoms with Gasteiger partial charge >= 0.3 is 5.97 Å². The molecule has 2 aromatic carbocycles. The van der Waals surface area contributed by atoms with Crippen molar-refractivity contribution in [2.45, 2.75) is 17.9 Å². The fourth-order valence-corrected chi connectivity index (χ4v) is 3.43. The van der Waals surface area contributed by atoms with E-state index >= 15 is 0 Å². The Kier molecular flexibility index (Phi) is 6.96. The summed E-state index contributed by atoms with van der Waals surface area (Å²) >= 11 is 5.78. The van der Waals surface area contributed by atoms with Crippen LogP contribution >= 0.6 is 11.6 Å². The lowest BCUT2D eigenvalue weighted by molar-refractivity contribution is -0.145. The molecule has 0 aliphatic rings. The first-order valence-electron chi connectivity index (χ1n) is 7.61. The highest BCUT2D eigenvalue weighted by Crippen LogP contribution is 2.15. The van der Waals surface area contributed by atoms with Crippen molar-refractivity contribution in [2.24, 2.45) is 0 Å². The van der Waals surface area contributed by atoms with Crippen LogP contribution in [0.4, 0.5) is 4.39 Å². The SMILES string of the molecule is C[C@H](NS(=O)(=O)c1cccc(Cl)c1)C(=O)OCCOc1ccc(F)cc1. The molecular formula is C17H17ClFNO5S. The van der Waals surface area contributed by atoms with Gasteiger partial charge in [-0.05, 0) is 49.4 Å². The van der Waals surface area contributed by atoms with E-state index < -0.39 is 22.0 Å². The molecule has 2 aromatic rings. The molecule has 0 aromatic heterocycles. The minimum absolute atomic E-state index is 0.0468. The molecule has 0 spiro atoms. The Morgan fingerprint density at radius 2 is 1.88 bits per heavy atom. The summed E-state index contributed by atoms with van der Waals surface area (Å²) in [6, 6.07) is 9.96. The predicted octanol–water partition coefficient (Wildman–Crippen LogP) is 2.77. The molecule has 26 heavy (non-hydrogen) atoms. The fourth-order valence-electron chi connectivity index (χ4n) is 1.94. The number of benzene rings is 2. The van der Waals surface area contributed by atoms with Crippen LogP contribution in [0.5, 0.6) is 5.75 Å². The number of nitrogens with one attached hydrogen (secondary N) is 1. The van der Waals surface area contributed by atoms with Crippen molar-refractivity contribution in [2.75, 3.05) is 13.2 Å². The number of ether oxygens (including phenoxy) is 2. The third-order valence-electron chi connectivity index (χ3n) is 3.20. The molecule has 0 saturated heterocycles. The van der Waals surface area contributed by atoms with Gasteiger partial charge in [0.25, 0.3) is 0 Å². The van der Waals surface area contributed by atoms with Crippen LogP contribution in [0.15, 0.2) is 53.4 Å². The van der Waals surface area contributed by atoms with Crippen LogP contribution in [-0.4, -0.2) is 33.6 Å². The summed E-state index contributed by atoms with van der Waals surface area (Å²) in [7, 11) is -3.91. The monoisotopic (exact) mass is 401 g/mol. The van der Waals surface area contributed by atoms with Gasteiger partial charge in [-0.15, -0.1) is 0 Å². The molecule has 140 valence electrons. The molecule has 6 nitrogen and oxygen atoms in total. The fraction of sp³-hybridized carbons (Fsp3) is 0.235. The average molecular weight is 402 g/mol. The number of sulfonamides is 1. The Labute approximate surface area is 155 Å². The van der Waals surface area contributed by atoms with Gasteiger partial charge in [0, 0.05) is 5.02 Å². The lowest BCUT2D eigenvalue weighted by atomic mass is 10.3. The quantitative estimate of drug-likeness (QED) is 0.543.